The molecular formula is C22H24ClN3O2. The lowest BCUT2D eigenvalue weighted by Gasteiger charge is -2.24. The maximum Gasteiger partial charge on any atom is 0.253 e. The highest BCUT2D eigenvalue weighted by Gasteiger charge is 2.27. The van der Waals surface area contributed by atoms with Gasteiger partial charge in [-0.25, -0.2) is 0 Å². The molecule has 0 N–H and O–H groups in total. The normalized spacial score (nSPS) is 17.3. The molecule has 2 aromatic rings. The molecule has 1 fully saturated rings. The zero-order valence-corrected chi connectivity index (χ0v) is 16.6. The summed E-state index contributed by atoms with van der Waals surface area (Å²) in [4.78, 5) is 31.5. The summed E-state index contributed by atoms with van der Waals surface area (Å²) in [5, 5.41) is 0.568. The first kappa shape index (κ1) is 19.0. The van der Waals surface area contributed by atoms with E-state index in [1.807, 2.05) is 28.0 Å². The van der Waals surface area contributed by atoms with Crippen LogP contribution in [0.3, 0.4) is 0 Å². The Morgan fingerprint density at radius 1 is 0.929 bits per heavy atom. The van der Waals surface area contributed by atoms with Gasteiger partial charge in [-0.05, 0) is 42.7 Å². The van der Waals surface area contributed by atoms with E-state index in [1.165, 1.54) is 5.56 Å². The number of nitrogens with zero attached hydrogens (tertiary/aromatic N) is 3. The Morgan fingerprint density at radius 2 is 1.79 bits per heavy atom. The smallest absolute Gasteiger partial charge is 0.253 e. The molecule has 0 aromatic heterocycles. The lowest BCUT2D eigenvalue weighted by molar-refractivity contribution is -0.119. The van der Waals surface area contributed by atoms with Crippen LogP contribution in [-0.4, -0.2) is 60.9 Å². The fraction of sp³-hybridized carbons (Fsp3) is 0.364. The molecule has 2 aromatic carbocycles. The third-order valence-corrected chi connectivity index (χ3v) is 5.73. The number of anilines is 1. The Balaban J connectivity index is 1.36. The van der Waals surface area contributed by atoms with Crippen molar-refractivity contribution < 1.29 is 9.59 Å². The van der Waals surface area contributed by atoms with Crippen molar-refractivity contribution in [3.05, 3.63) is 64.7 Å². The van der Waals surface area contributed by atoms with Gasteiger partial charge in [-0.15, -0.1) is 0 Å². The van der Waals surface area contributed by atoms with E-state index < -0.39 is 0 Å². The standard InChI is InChI=1S/C22H24ClN3O2/c23-19-7-3-6-18(15-19)22(28)25-11-4-10-24(13-14-25)16-21(27)26-12-9-17-5-1-2-8-20(17)26/h1-3,5-8,15H,4,9-14,16H2. The molecule has 0 radical (unpaired) electrons. The van der Waals surface area contributed by atoms with Crippen molar-refractivity contribution in [1.29, 1.82) is 0 Å². The molecule has 146 valence electrons. The fourth-order valence-electron chi connectivity index (χ4n) is 4.01. The van der Waals surface area contributed by atoms with E-state index in [9.17, 15) is 9.59 Å². The Kier molecular flexibility index (Phi) is 5.64. The minimum atomic E-state index is 0.00384. The quantitative estimate of drug-likeness (QED) is 0.799. The van der Waals surface area contributed by atoms with Gasteiger partial charge < -0.3 is 9.80 Å². The van der Waals surface area contributed by atoms with Crippen molar-refractivity contribution in [2.75, 3.05) is 44.2 Å². The first-order valence-electron chi connectivity index (χ1n) is 9.77. The molecule has 2 aliphatic rings. The Labute approximate surface area is 170 Å². The SMILES string of the molecule is O=C(c1cccc(Cl)c1)N1CCCN(CC(=O)N2CCc3ccccc32)CC1. The number of halogens is 1. The van der Waals surface area contributed by atoms with Crippen LogP contribution in [0.5, 0.6) is 0 Å². The molecule has 0 unspecified atom stereocenters. The molecule has 5 nitrogen and oxygen atoms in total. The molecule has 0 aliphatic carbocycles. The summed E-state index contributed by atoms with van der Waals surface area (Å²) < 4.78 is 0. The molecule has 1 saturated heterocycles. The van der Waals surface area contributed by atoms with E-state index >= 15 is 0 Å². The minimum absolute atomic E-state index is 0.00384. The van der Waals surface area contributed by atoms with Crippen LogP contribution in [-0.2, 0) is 11.2 Å². The maximum absolute atomic E-state index is 12.9. The first-order valence-corrected chi connectivity index (χ1v) is 10.1. The molecule has 6 heteroatoms. The molecular weight excluding hydrogens is 374 g/mol. The third kappa shape index (κ3) is 4.05. The summed E-state index contributed by atoms with van der Waals surface area (Å²) in [6, 6.07) is 15.2. The summed E-state index contributed by atoms with van der Waals surface area (Å²) in [7, 11) is 0. The summed E-state index contributed by atoms with van der Waals surface area (Å²) in [6.45, 7) is 3.99. The molecule has 0 spiro atoms. The number of carbonyl (C=O) groups excluding carboxylic acids is 2. The predicted molar refractivity (Wildman–Crippen MR) is 111 cm³/mol. The molecule has 0 saturated carbocycles. The van der Waals surface area contributed by atoms with Gasteiger partial charge in [0.05, 0.1) is 6.54 Å². The summed E-state index contributed by atoms with van der Waals surface area (Å²) in [5.74, 6) is 0.142. The van der Waals surface area contributed by atoms with Crippen LogP contribution in [0.15, 0.2) is 48.5 Å². The fourth-order valence-corrected chi connectivity index (χ4v) is 4.20. The largest absolute Gasteiger partial charge is 0.337 e. The van der Waals surface area contributed by atoms with Gasteiger partial charge in [0.15, 0.2) is 0 Å². The van der Waals surface area contributed by atoms with Gasteiger partial charge >= 0.3 is 0 Å². The van der Waals surface area contributed by atoms with Gasteiger partial charge in [0.1, 0.15) is 0 Å². The number of benzene rings is 2. The zero-order valence-electron chi connectivity index (χ0n) is 15.8. The third-order valence-electron chi connectivity index (χ3n) is 5.49. The Morgan fingerprint density at radius 3 is 2.64 bits per heavy atom. The predicted octanol–water partition coefficient (Wildman–Crippen LogP) is 3.08. The van der Waals surface area contributed by atoms with Gasteiger partial charge in [-0.3, -0.25) is 14.5 Å². The van der Waals surface area contributed by atoms with Crippen molar-refractivity contribution in [1.82, 2.24) is 9.80 Å². The molecule has 0 atom stereocenters. The number of para-hydroxylation sites is 1. The second-order valence-electron chi connectivity index (χ2n) is 7.36. The zero-order chi connectivity index (χ0) is 19.5. The second-order valence-corrected chi connectivity index (χ2v) is 7.79. The van der Waals surface area contributed by atoms with E-state index in [2.05, 4.69) is 11.0 Å². The van der Waals surface area contributed by atoms with E-state index in [0.717, 1.165) is 31.6 Å². The number of carbonyl (C=O) groups is 2. The summed E-state index contributed by atoms with van der Waals surface area (Å²) >= 11 is 6.02. The number of hydrogen-bond donors (Lipinski definition) is 0. The van der Waals surface area contributed by atoms with E-state index in [-0.39, 0.29) is 11.8 Å². The van der Waals surface area contributed by atoms with Gasteiger partial charge in [0.2, 0.25) is 5.91 Å². The first-order chi connectivity index (χ1) is 13.6. The van der Waals surface area contributed by atoms with Crippen LogP contribution in [0.2, 0.25) is 5.02 Å². The molecule has 2 aliphatic heterocycles. The number of rotatable bonds is 3. The van der Waals surface area contributed by atoms with E-state index in [4.69, 9.17) is 11.6 Å². The second kappa shape index (κ2) is 8.33. The highest BCUT2D eigenvalue weighted by Crippen LogP contribution is 2.27. The van der Waals surface area contributed by atoms with Crippen molar-refractivity contribution in [3.8, 4) is 0 Å². The summed E-state index contributed by atoms with van der Waals surface area (Å²) in [5.41, 5.74) is 2.90. The molecule has 2 amide bonds. The van der Waals surface area contributed by atoms with Crippen LogP contribution < -0.4 is 4.90 Å². The Bertz CT molecular complexity index is 886. The molecule has 4 rings (SSSR count). The van der Waals surface area contributed by atoms with Crippen LogP contribution in [0.4, 0.5) is 5.69 Å². The average molecular weight is 398 g/mol. The van der Waals surface area contributed by atoms with Crippen LogP contribution >= 0.6 is 11.6 Å². The van der Waals surface area contributed by atoms with Crippen molar-refractivity contribution >= 4 is 29.1 Å². The molecule has 28 heavy (non-hydrogen) atoms. The minimum Gasteiger partial charge on any atom is -0.337 e. The van der Waals surface area contributed by atoms with Gasteiger partial charge in [-0.1, -0.05) is 35.9 Å². The number of hydrogen-bond acceptors (Lipinski definition) is 3. The number of amides is 2. The average Bonchev–Trinajstić information content (AvgIpc) is 3.00. The number of fused-ring (bicyclic) bond motifs is 1. The van der Waals surface area contributed by atoms with Crippen LogP contribution in [0.1, 0.15) is 22.3 Å². The highest BCUT2D eigenvalue weighted by atomic mass is 35.5. The van der Waals surface area contributed by atoms with E-state index in [0.29, 0.717) is 36.8 Å². The highest BCUT2D eigenvalue weighted by molar-refractivity contribution is 6.30. The lowest BCUT2D eigenvalue weighted by Crippen LogP contribution is -2.41. The van der Waals surface area contributed by atoms with Crippen LogP contribution in [0.25, 0.3) is 0 Å². The van der Waals surface area contributed by atoms with Crippen LogP contribution in [0, 0.1) is 0 Å². The van der Waals surface area contributed by atoms with E-state index in [1.54, 1.807) is 24.3 Å². The monoisotopic (exact) mass is 397 g/mol. The summed E-state index contributed by atoms with van der Waals surface area (Å²) in [6.07, 6.45) is 1.78. The maximum atomic E-state index is 12.9. The van der Waals surface area contributed by atoms with Gasteiger partial charge in [-0.2, -0.15) is 0 Å². The molecule has 2 heterocycles. The van der Waals surface area contributed by atoms with Crippen molar-refractivity contribution in [2.45, 2.75) is 12.8 Å². The van der Waals surface area contributed by atoms with Gasteiger partial charge in [0, 0.05) is 49.0 Å². The van der Waals surface area contributed by atoms with Crippen molar-refractivity contribution in [3.63, 3.8) is 0 Å². The lowest BCUT2D eigenvalue weighted by atomic mass is 10.2. The van der Waals surface area contributed by atoms with Crippen molar-refractivity contribution in [2.24, 2.45) is 0 Å². The topological polar surface area (TPSA) is 43.9 Å². The molecule has 0 bridgehead atoms. The Hall–Kier alpha value is -2.37. The van der Waals surface area contributed by atoms with Gasteiger partial charge in [0.25, 0.3) is 5.91 Å².